The number of morpholine rings is 1. The van der Waals surface area contributed by atoms with Crippen LogP contribution in [0.1, 0.15) is 33.3 Å². The molecule has 1 atom stereocenters. The molecule has 162 valence electrons. The lowest BCUT2D eigenvalue weighted by Gasteiger charge is -2.33. The van der Waals surface area contributed by atoms with Crippen molar-refractivity contribution in [1.82, 2.24) is 14.7 Å². The topological polar surface area (TPSA) is 47.4 Å². The van der Waals surface area contributed by atoms with E-state index in [1.54, 1.807) is 36.4 Å². The maximum absolute atomic E-state index is 13.9. The first kappa shape index (κ1) is 21.4. The number of hydrogen-bond acceptors (Lipinski definition) is 3. The van der Waals surface area contributed by atoms with Crippen LogP contribution in [0.2, 0.25) is 5.02 Å². The molecule has 1 aromatic heterocycles. The van der Waals surface area contributed by atoms with Crippen LogP contribution in [0.15, 0.2) is 54.7 Å². The molecule has 0 bridgehead atoms. The molecule has 0 radical (unpaired) electrons. The summed E-state index contributed by atoms with van der Waals surface area (Å²) in [5.74, 6) is -0.729. The van der Waals surface area contributed by atoms with Crippen LogP contribution in [0.3, 0.4) is 0 Å². The zero-order chi connectivity index (χ0) is 22.2. The molecule has 1 aliphatic rings. The van der Waals surface area contributed by atoms with E-state index in [4.69, 9.17) is 16.3 Å². The maximum atomic E-state index is 13.9. The lowest BCUT2D eigenvalue weighted by Crippen LogP contribution is -2.42. The van der Waals surface area contributed by atoms with E-state index in [-0.39, 0.29) is 25.4 Å². The second-order valence-corrected chi connectivity index (χ2v) is 7.75. The fourth-order valence-corrected chi connectivity index (χ4v) is 3.67. The Morgan fingerprint density at radius 3 is 2.45 bits per heavy atom. The van der Waals surface area contributed by atoms with Gasteiger partial charge in [-0.3, -0.25) is 4.79 Å². The predicted molar refractivity (Wildman–Crippen MR) is 109 cm³/mol. The van der Waals surface area contributed by atoms with Crippen molar-refractivity contribution in [1.29, 1.82) is 0 Å². The van der Waals surface area contributed by atoms with Gasteiger partial charge in [0.25, 0.3) is 5.91 Å². The predicted octanol–water partition coefficient (Wildman–Crippen LogP) is 5.07. The molecule has 2 heterocycles. The van der Waals surface area contributed by atoms with Crippen LogP contribution in [0.5, 0.6) is 0 Å². The molecule has 0 saturated carbocycles. The minimum absolute atomic E-state index is 0.132. The number of ether oxygens (including phenoxy) is 1. The molecular formula is C22H19ClF3N3O2. The standard InChI is InChI=1S/C22H19ClF3N3O2/c1-14-2-8-17(9-3-14)29-20(22(24,25)26)18(12-27-29)21(30)28-10-11-31-19(13-28)15-4-6-16(23)7-5-15/h2-9,12,19H,10-11,13H2,1H3. The first-order valence-electron chi connectivity index (χ1n) is 9.62. The smallest absolute Gasteiger partial charge is 0.370 e. The highest BCUT2D eigenvalue weighted by Gasteiger charge is 2.42. The summed E-state index contributed by atoms with van der Waals surface area (Å²) in [5, 5.41) is 4.45. The number of nitrogens with zero attached hydrogens (tertiary/aromatic N) is 3. The lowest BCUT2D eigenvalue weighted by atomic mass is 10.1. The SMILES string of the molecule is Cc1ccc(-n2ncc(C(=O)N3CCOC(c4ccc(Cl)cc4)C3)c2C(F)(F)F)cc1. The third-order valence-corrected chi connectivity index (χ3v) is 5.39. The van der Waals surface area contributed by atoms with E-state index in [1.165, 1.54) is 17.0 Å². The number of hydrogen-bond donors (Lipinski definition) is 0. The molecule has 1 saturated heterocycles. The van der Waals surface area contributed by atoms with Crippen molar-refractivity contribution in [2.75, 3.05) is 19.7 Å². The average Bonchev–Trinajstić information content (AvgIpc) is 3.20. The minimum Gasteiger partial charge on any atom is -0.370 e. The number of alkyl halides is 3. The number of aromatic nitrogens is 2. The van der Waals surface area contributed by atoms with Gasteiger partial charge in [0.1, 0.15) is 6.10 Å². The summed E-state index contributed by atoms with van der Waals surface area (Å²) in [6.07, 6.45) is -4.22. The van der Waals surface area contributed by atoms with Gasteiger partial charge in [0.2, 0.25) is 0 Å². The van der Waals surface area contributed by atoms with Gasteiger partial charge in [-0.15, -0.1) is 0 Å². The fourth-order valence-electron chi connectivity index (χ4n) is 3.54. The molecule has 5 nitrogen and oxygen atoms in total. The zero-order valence-corrected chi connectivity index (χ0v) is 17.3. The van der Waals surface area contributed by atoms with Gasteiger partial charge in [0.15, 0.2) is 5.69 Å². The average molecular weight is 450 g/mol. The van der Waals surface area contributed by atoms with E-state index >= 15 is 0 Å². The van der Waals surface area contributed by atoms with Crippen LogP contribution in [0.25, 0.3) is 5.69 Å². The second-order valence-electron chi connectivity index (χ2n) is 7.31. The van der Waals surface area contributed by atoms with Crippen molar-refractivity contribution in [2.45, 2.75) is 19.2 Å². The summed E-state index contributed by atoms with van der Waals surface area (Å²) in [7, 11) is 0. The molecule has 1 aliphatic heterocycles. The molecule has 1 unspecified atom stereocenters. The number of rotatable bonds is 3. The van der Waals surface area contributed by atoms with E-state index in [1.807, 2.05) is 6.92 Å². The minimum atomic E-state index is -4.76. The highest BCUT2D eigenvalue weighted by Crippen LogP contribution is 2.35. The van der Waals surface area contributed by atoms with Crippen molar-refractivity contribution >= 4 is 17.5 Å². The molecule has 3 aromatic rings. The molecule has 4 rings (SSSR count). The van der Waals surface area contributed by atoms with Crippen LogP contribution < -0.4 is 0 Å². The molecule has 1 amide bonds. The van der Waals surface area contributed by atoms with Crippen molar-refractivity contribution in [3.8, 4) is 5.69 Å². The molecule has 31 heavy (non-hydrogen) atoms. The maximum Gasteiger partial charge on any atom is 0.434 e. The summed E-state index contributed by atoms with van der Waals surface area (Å²) in [6.45, 7) is 2.37. The number of carbonyl (C=O) groups is 1. The van der Waals surface area contributed by atoms with Crippen LogP contribution in [0.4, 0.5) is 13.2 Å². The van der Waals surface area contributed by atoms with E-state index in [0.717, 1.165) is 22.0 Å². The largest absolute Gasteiger partial charge is 0.434 e. The van der Waals surface area contributed by atoms with Gasteiger partial charge in [-0.05, 0) is 36.8 Å². The lowest BCUT2D eigenvalue weighted by molar-refractivity contribution is -0.143. The Balaban J connectivity index is 1.65. The highest BCUT2D eigenvalue weighted by molar-refractivity contribution is 6.30. The molecular weight excluding hydrogens is 431 g/mol. The zero-order valence-electron chi connectivity index (χ0n) is 16.6. The molecule has 0 spiro atoms. The van der Waals surface area contributed by atoms with E-state index in [0.29, 0.717) is 5.02 Å². The van der Waals surface area contributed by atoms with Crippen molar-refractivity contribution in [3.05, 3.63) is 82.1 Å². The Kier molecular flexibility index (Phi) is 5.77. The number of benzene rings is 2. The number of amides is 1. The molecule has 2 aromatic carbocycles. The summed E-state index contributed by atoms with van der Waals surface area (Å²) in [6, 6.07) is 13.4. The molecule has 0 aliphatic carbocycles. The Hall–Kier alpha value is -2.84. The van der Waals surface area contributed by atoms with Crippen LogP contribution in [0, 0.1) is 6.92 Å². The summed E-state index contributed by atoms with van der Waals surface area (Å²) >= 11 is 5.91. The molecule has 1 fully saturated rings. The summed E-state index contributed by atoms with van der Waals surface area (Å²) < 4.78 is 48.3. The fraction of sp³-hybridized carbons (Fsp3) is 0.273. The summed E-state index contributed by atoms with van der Waals surface area (Å²) in [4.78, 5) is 14.5. The van der Waals surface area contributed by atoms with Gasteiger partial charge in [0.05, 0.1) is 30.6 Å². The van der Waals surface area contributed by atoms with E-state index in [9.17, 15) is 18.0 Å². The summed E-state index contributed by atoms with van der Waals surface area (Å²) in [5.41, 5.74) is 0.370. The molecule has 0 N–H and O–H groups in total. The van der Waals surface area contributed by atoms with Crippen LogP contribution in [-0.4, -0.2) is 40.3 Å². The van der Waals surface area contributed by atoms with Crippen molar-refractivity contribution in [3.63, 3.8) is 0 Å². The monoisotopic (exact) mass is 449 g/mol. The number of aryl methyl sites for hydroxylation is 1. The molecule has 9 heteroatoms. The van der Waals surface area contributed by atoms with Crippen molar-refractivity contribution in [2.24, 2.45) is 0 Å². The van der Waals surface area contributed by atoms with E-state index in [2.05, 4.69) is 5.10 Å². The normalized spacial score (nSPS) is 17.1. The first-order chi connectivity index (χ1) is 14.7. The first-order valence-corrected chi connectivity index (χ1v) is 10.0. The van der Waals surface area contributed by atoms with Crippen molar-refractivity contribution < 1.29 is 22.7 Å². The van der Waals surface area contributed by atoms with Crippen LogP contribution >= 0.6 is 11.6 Å². The number of carbonyl (C=O) groups excluding carboxylic acids is 1. The van der Waals surface area contributed by atoms with Gasteiger partial charge in [-0.2, -0.15) is 18.3 Å². The quantitative estimate of drug-likeness (QED) is 0.561. The van der Waals surface area contributed by atoms with Crippen LogP contribution in [-0.2, 0) is 10.9 Å². The Morgan fingerprint density at radius 1 is 1.13 bits per heavy atom. The third kappa shape index (κ3) is 4.45. The Labute approximate surface area is 182 Å². The second kappa shape index (κ2) is 8.36. The van der Waals surface area contributed by atoms with E-state index < -0.39 is 29.4 Å². The Bertz CT molecular complexity index is 1080. The van der Waals surface area contributed by atoms with Gasteiger partial charge >= 0.3 is 6.18 Å². The van der Waals surface area contributed by atoms with Gasteiger partial charge in [-0.1, -0.05) is 41.4 Å². The number of halogens is 4. The Morgan fingerprint density at radius 2 is 1.81 bits per heavy atom. The van der Waals surface area contributed by atoms with Gasteiger partial charge < -0.3 is 9.64 Å². The van der Waals surface area contributed by atoms with Gasteiger partial charge in [0, 0.05) is 11.6 Å². The third-order valence-electron chi connectivity index (χ3n) is 5.14. The highest BCUT2D eigenvalue weighted by atomic mass is 35.5. The van der Waals surface area contributed by atoms with Gasteiger partial charge in [-0.25, -0.2) is 4.68 Å².